The van der Waals surface area contributed by atoms with E-state index in [1.165, 1.54) is 5.56 Å². The second kappa shape index (κ2) is 8.22. The smallest absolute Gasteiger partial charge is 0.131 e. The van der Waals surface area contributed by atoms with Gasteiger partial charge in [-0.25, -0.2) is 9.97 Å². The molecule has 1 aromatic heterocycles. The van der Waals surface area contributed by atoms with Gasteiger partial charge in [0, 0.05) is 19.2 Å². The molecule has 0 atom stereocenters. The minimum absolute atomic E-state index is 0.583. The van der Waals surface area contributed by atoms with E-state index in [1.54, 1.807) is 13.4 Å². The van der Waals surface area contributed by atoms with Gasteiger partial charge >= 0.3 is 0 Å². The molecule has 22 heavy (non-hydrogen) atoms. The largest absolute Gasteiger partial charge is 0.497 e. The summed E-state index contributed by atoms with van der Waals surface area (Å²) in [5.41, 5.74) is 1.24. The van der Waals surface area contributed by atoms with Crippen molar-refractivity contribution in [1.29, 1.82) is 0 Å². The van der Waals surface area contributed by atoms with Crippen molar-refractivity contribution in [3.8, 4) is 5.75 Å². The van der Waals surface area contributed by atoms with Crippen molar-refractivity contribution >= 4 is 11.6 Å². The van der Waals surface area contributed by atoms with Crippen molar-refractivity contribution in [3.63, 3.8) is 0 Å². The first-order chi connectivity index (χ1) is 10.7. The Morgan fingerprint density at radius 3 is 2.59 bits per heavy atom. The first kappa shape index (κ1) is 16.1. The Balaban J connectivity index is 1.84. The van der Waals surface area contributed by atoms with E-state index < -0.39 is 0 Å². The standard InChI is InChI=1S/C17H24N4O/c1-13(2)11-19-17-10-16(20-12-21-17)18-8-7-14-5-4-6-15(9-14)22-3/h4-6,9-10,12-13H,7-8,11H2,1-3H3,(H2,18,19,20,21). The number of rotatable bonds is 8. The number of methoxy groups -OCH3 is 1. The predicted molar refractivity (Wildman–Crippen MR) is 90.5 cm³/mol. The molecule has 0 aliphatic rings. The number of anilines is 2. The van der Waals surface area contributed by atoms with E-state index in [-0.39, 0.29) is 0 Å². The Morgan fingerprint density at radius 1 is 1.09 bits per heavy atom. The van der Waals surface area contributed by atoms with Crippen LogP contribution in [0, 0.1) is 5.92 Å². The molecule has 0 aliphatic heterocycles. The topological polar surface area (TPSA) is 59.1 Å². The zero-order valence-electron chi connectivity index (χ0n) is 13.5. The van der Waals surface area contributed by atoms with Gasteiger partial charge in [0.15, 0.2) is 0 Å². The third-order valence-electron chi connectivity index (χ3n) is 3.21. The second-order valence-corrected chi connectivity index (χ2v) is 5.59. The van der Waals surface area contributed by atoms with E-state index >= 15 is 0 Å². The molecule has 0 spiro atoms. The van der Waals surface area contributed by atoms with E-state index in [0.717, 1.165) is 36.9 Å². The molecule has 0 aliphatic carbocycles. The Hall–Kier alpha value is -2.30. The van der Waals surface area contributed by atoms with Crippen LogP contribution in [0.1, 0.15) is 19.4 Å². The third-order valence-corrected chi connectivity index (χ3v) is 3.21. The van der Waals surface area contributed by atoms with Crippen LogP contribution >= 0.6 is 0 Å². The zero-order valence-corrected chi connectivity index (χ0v) is 13.5. The monoisotopic (exact) mass is 300 g/mol. The van der Waals surface area contributed by atoms with Gasteiger partial charge in [-0.15, -0.1) is 0 Å². The maximum atomic E-state index is 5.23. The van der Waals surface area contributed by atoms with E-state index in [1.807, 2.05) is 18.2 Å². The van der Waals surface area contributed by atoms with Crippen molar-refractivity contribution < 1.29 is 4.74 Å². The predicted octanol–water partition coefficient (Wildman–Crippen LogP) is 3.21. The van der Waals surface area contributed by atoms with Crippen LogP contribution in [0.15, 0.2) is 36.7 Å². The average Bonchev–Trinajstić information content (AvgIpc) is 2.53. The number of benzene rings is 1. The van der Waals surface area contributed by atoms with Crippen LogP contribution in [0.5, 0.6) is 5.75 Å². The molecular weight excluding hydrogens is 276 g/mol. The molecule has 2 N–H and O–H groups in total. The Labute approximate surface area is 132 Å². The molecule has 0 radical (unpaired) electrons. The van der Waals surface area contributed by atoms with Crippen LogP contribution in [-0.4, -0.2) is 30.2 Å². The summed E-state index contributed by atoms with van der Waals surface area (Å²) in [4.78, 5) is 8.47. The maximum absolute atomic E-state index is 5.23. The number of hydrogen-bond donors (Lipinski definition) is 2. The molecule has 0 saturated carbocycles. The van der Waals surface area contributed by atoms with Crippen molar-refractivity contribution in [2.75, 3.05) is 30.8 Å². The molecule has 0 unspecified atom stereocenters. The summed E-state index contributed by atoms with van der Waals surface area (Å²) in [7, 11) is 1.68. The molecule has 1 aromatic carbocycles. The van der Waals surface area contributed by atoms with Gasteiger partial charge in [0.25, 0.3) is 0 Å². The minimum atomic E-state index is 0.583. The molecule has 5 heteroatoms. The van der Waals surface area contributed by atoms with Crippen LogP contribution in [0.2, 0.25) is 0 Å². The molecule has 0 amide bonds. The summed E-state index contributed by atoms with van der Waals surface area (Å²) >= 11 is 0. The molecule has 0 fully saturated rings. The first-order valence-corrected chi connectivity index (χ1v) is 7.60. The second-order valence-electron chi connectivity index (χ2n) is 5.59. The van der Waals surface area contributed by atoms with Crippen LogP contribution in [-0.2, 0) is 6.42 Å². The lowest BCUT2D eigenvalue weighted by Crippen LogP contribution is -2.11. The van der Waals surface area contributed by atoms with Gasteiger partial charge in [-0.1, -0.05) is 26.0 Å². The van der Waals surface area contributed by atoms with Gasteiger partial charge < -0.3 is 15.4 Å². The number of nitrogens with one attached hydrogen (secondary N) is 2. The molecule has 2 aromatic rings. The van der Waals surface area contributed by atoms with E-state index in [9.17, 15) is 0 Å². The van der Waals surface area contributed by atoms with Crippen LogP contribution < -0.4 is 15.4 Å². The van der Waals surface area contributed by atoms with Crippen molar-refractivity contribution in [3.05, 3.63) is 42.2 Å². The molecule has 1 heterocycles. The number of nitrogens with zero attached hydrogens (tertiary/aromatic N) is 2. The molecular formula is C17H24N4O. The zero-order chi connectivity index (χ0) is 15.8. The maximum Gasteiger partial charge on any atom is 0.131 e. The molecule has 5 nitrogen and oxygen atoms in total. The Bertz CT molecular complexity index is 586. The fraction of sp³-hybridized carbons (Fsp3) is 0.412. The van der Waals surface area contributed by atoms with E-state index in [0.29, 0.717) is 5.92 Å². The summed E-state index contributed by atoms with van der Waals surface area (Å²) in [6.07, 6.45) is 2.49. The summed E-state index contributed by atoms with van der Waals surface area (Å²) < 4.78 is 5.23. The Kier molecular flexibility index (Phi) is 6.01. The highest BCUT2D eigenvalue weighted by atomic mass is 16.5. The fourth-order valence-electron chi connectivity index (χ4n) is 2.02. The highest BCUT2D eigenvalue weighted by Crippen LogP contribution is 2.14. The summed E-state index contributed by atoms with van der Waals surface area (Å²) in [6.45, 7) is 6.05. The average molecular weight is 300 g/mol. The van der Waals surface area contributed by atoms with Gasteiger partial charge in [-0.05, 0) is 30.0 Å². The number of hydrogen-bond acceptors (Lipinski definition) is 5. The van der Waals surface area contributed by atoms with E-state index in [2.05, 4.69) is 46.6 Å². The number of ether oxygens (including phenoxy) is 1. The van der Waals surface area contributed by atoms with Crippen LogP contribution in [0.4, 0.5) is 11.6 Å². The van der Waals surface area contributed by atoms with Gasteiger partial charge in [0.1, 0.15) is 23.7 Å². The first-order valence-electron chi connectivity index (χ1n) is 7.60. The van der Waals surface area contributed by atoms with Crippen molar-refractivity contribution in [2.24, 2.45) is 5.92 Å². The lowest BCUT2D eigenvalue weighted by atomic mass is 10.1. The summed E-state index contributed by atoms with van der Waals surface area (Å²) in [5, 5.41) is 6.63. The SMILES string of the molecule is COc1cccc(CCNc2cc(NCC(C)C)ncn2)c1. The Morgan fingerprint density at radius 2 is 1.86 bits per heavy atom. The van der Waals surface area contributed by atoms with E-state index in [4.69, 9.17) is 4.74 Å². The van der Waals surface area contributed by atoms with Crippen molar-refractivity contribution in [2.45, 2.75) is 20.3 Å². The van der Waals surface area contributed by atoms with Crippen LogP contribution in [0.3, 0.4) is 0 Å². The molecule has 2 rings (SSSR count). The summed E-state index contributed by atoms with van der Waals surface area (Å²) in [5.74, 6) is 3.16. The highest BCUT2D eigenvalue weighted by molar-refractivity contribution is 5.46. The molecule has 0 bridgehead atoms. The van der Waals surface area contributed by atoms with Gasteiger partial charge in [0.05, 0.1) is 7.11 Å². The van der Waals surface area contributed by atoms with Crippen molar-refractivity contribution in [1.82, 2.24) is 9.97 Å². The lowest BCUT2D eigenvalue weighted by molar-refractivity contribution is 0.414. The van der Waals surface area contributed by atoms with Gasteiger partial charge in [0.2, 0.25) is 0 Å². The minimum Gasteiger partial charge on any atom is -0.497 e. The molecule has 118 valence electrons. The quantitative estimate of drug-likeness (QED) is 0.784. The fourth-order valence-corrected chi connectivity index (χ4v) is 2.02. The molecule has 0 saturated heterocycles. The van der Waals surface area contributed by atoms with Gasteiger partial charge in [-0.2, -0.15) is 0 Å². The summed E-state index contributed by atoms with van der Waals surface area (Å²) in [6, 6.07) is 10.0. The number of aromatic nitrogens is 2. The van der Waals surface area contributed by atoms with Crippen LogP contribution in [0.25, 0.3) is 0 Å². The van der Waals surface area contributed by atoms with Gasteiger partial charge in [-0.3, -0.25) is 0 Å². The normalized spacial score (nSPS) is 10.5. The lowest BCUT2D eigenvalue weighted by Gasteiger charge is -2.10. The highest BCUT2D eigenvalue weighted by Gasteiger charge is 2.00. The third kappa shape index (κ3) is 5.24.